The van der Waals surface area contributed by atoms with E-state index in [2.05, 4.69) is 10.1 Å². The fourth-order valence-electron chi connectivity index (χ4n) is 2.28. The summed E-state index contributed by atoms with van der Waals surface area (Å²) in [6.07, 6.45) is -3.77. The minimum atomic E-state index is -4.26. The van der Waals surface area contributed by atoms with Crippen molar-refractivity contribution in [3.05, 3.63) is 34.9 Å². The van der Waals surface area contributed by atoms with Crippen LogP contribution in [-0.2, 0) is 22.7 Å². The van der Waals surface area contributed by atoms with Gasteiger partial charge in [0.15, 0.2) is 0 Å². The van der Waals surface area contributed by atoms with Gasteiger partial charge in [0.25, 0.3) is 0 Å². The molecule has 0 saturated carbocycles. The largest absolute Gasteiger partial charge is 0.411 e. The highest BCUT2D eigenvalue weighted by Gasteiger charge is 2.27. The van der Waals surface area contributed by atoms with Crippen LogP contribution in [0.15, 0.2) is 18.2 Å². The minimum absolute atomic E-state index is 0.0193. The average Bonchev–Trinajstić information content (AvgIpc) is 2.84. The molecule has 3 nitrogen and oxygen atoms in total. The first kappa shape index (κ1) is 15.3. The summed E-state index contributed by atoms with van der Waals surface area (Å²) in [4.78, 5) is 0. The number of halogens is 3. The van der Waals surface area contributed by atoms with Crippen molar-refractivity contribution in [1.82, 2.24) is 5.32 Å². The van der Waals surface area contributed by atoms with Crippen LogP contribution in [0.5, 0.6) is 0 Å². The van der Waals surface area contributed by atoms with Crippen molar-refractivity contribution in [2.45, 2.75) is 31.9 Å². The molecule has 0 saturated heterocycles. The number of rotatable bonds is 6. The van der Waals surface area contributed by atoms with E-state index in [1.165, 1.54) is 5.56 Å². The maximum Gasteiger partial charge on any atom is 0.411 e. The average molecular weight is 289 g/mol. The molecule has 0 amide bonds. The van der Waals surface area contributed by atoms with E-state index in [9.17, 15) is 13.2 Å². The van der Waals surface area contributed by atoms with Crippen molar-refractivity contribution >= 4 is 0 Å². The molecule has 0 spiro atoms. The second-order valence-corrected chi connectivity index (χ2v) is 4.82. The zero-order chi connectivity index (χ0) is 14.6. The van der Waals surface area contributed by atoms with Gasteiger partial charge in [0.05, 0.1) is 13.2 Å². The first-order valence-electron chi connectivity index (χ1n) is 6.51. The highest BCUT2D eigenvalue weighted by molar-refractivity contribution is 5.34. The van der Waals surface area contributed by atoms with Gasteiger partial charge in [-0.05, 0) is 30.2 Å². The van der Waals surface area contributed by atoms with Crippen molar-refractivity contribution < 1.29 is 22.6 Å². The third-order valence-electron chi connectivity index (χ3n) is 3.31. The number of nitrogens with one attached hydrogen (secondary N) is 1. The Bertz CT molecular complexity index is 449. The van der Waals surface area contributed by atoms with Crippen LogP contribution < -0.4 is 5.32 Å². The zero-order valence-corrected chi connectivity index (χ0v) is 11.3. The Hall–Kier alpha value is -1.11. The Labute approximate surface area is 116 Å². The maximum atomic E-state index is 12.0. The Morgan fingerprint density at radius 2 is 2.05 bits per heavy atom. The van der Waals surface area contributed by atoms with E-state index in [1.54, 1.807) is 7.05 Å². The number of ether oxygens (including phenoxy) is 2. The highest BCUT2D eigenvalue weighted by atomic mass is 19.4. The topological polar surface area (TPSA) is 30.5 Å². The number of benzene rings is 1. The molecule has 1 heterocycles. The Kier molecular flexibility index (Phi) is 5.01. The van der Waals surface area contributed by atoms with Crippen LogP contribution in [0.3, 0.4) is 0 Å². The van der Waals surface area contributed by atoms with Crippen molar-refractivity contribution in [3.8, 4) is 0 Å². The Morgan fingerprint density at radius 1 is 1.30 bits per heavy atom. The summed E-state index contributed by atoms with van der Waals surface area (Å²) >= 11 is 0. The van der Waals surface area contributed by atoms with E-state index in [0.29, 0.717) is 19.6 Å². The van der Waals surface area contributed by atoms with E-state index >= 15 is 0 Å². The number of hydrogen-bond donors (Lipinski definition) is 1. The fraction of sp³-hybridized carbons (Fsp3) is 0.571. The molecular formula is C14H18F3NO2. The molecule has 1 unspecified atom stereocenters. The summed E-state index contributed by atoms with van der Waals surface area (Å²) in [6, 6.07) is 6.03. The fourth-order valence-corrected chi connectivity index (χ4v) is 2.28. The van der Waals surface area contributed by atoms with Crippen LogP contribution >= 0.6 is 0 Å². The molecule has 2 rings (SSSR count). The second kappa shape index (κ2) is 6.56. The third-order valence-corrected chi connectivity index (χ3v) is 3.31. The normalized spacial score (nSPS) is 16.2. The van der Waals surface area contributed by atoms with Gasteiger partial charge in [-0.2, -0.15) is 13.2 Å². The molecule has 0 aromatic heterocycles. The molecule has 0 radical (unpaired) electrons. The van der Waals surface area contributed by atoms with Gasteiger partial charge in [0, 0.05) is 12.6 Å². The van der Waals surface area contributed by atoms with Gasteiger partial charge in [-0.25, -0.2) is 0 Å². The van der Waals surface area contributed by atoms with Gasteiger partial charge in [0.1, 0.15) is 6.61 Å². The van der Waals surface area contributed by atoms with Crippen LogP contribution in [0.2, 0.25) is 0 Å². The monoisotopic (exact) mass is 289 g/mol. The lowest BCUT2D eigenvalue weighted by Gasteiger charge is -2.18. The van der Waals surface area contributed by atoms with Crippen molar-refractivity contribution in [2.75, 3.05) is 20.3 Å². The number of alkyl halides is 3. The Balaban J connectivity index is 1.88. The molecule has 1 atom stereocenters. The lowest BCUT2D eigenvalue weighted by atomic mass is 9.99. The Morgan fingerprint density at radius 3 is 2.75 bits per heavy atom. The van der Waals surface area contributed by atoms with Gasteiger partial charge in [-0.15, -0.1) is 0 Å². The molecule has 1 aromatic carbocycles. The first-order chi connectivity index (χ1) is 9.49. The van der Waals surface area contributed by atoms with E-state index in [0.717, 1.165) is 11.1 Å². The van der Waals surface area contributed by atoms with Crippen LogP contribution in [0.25, 0.3) is 0 Å². The molecule has 1 N–H and O–H groups in total. The zero-order valence-electron chi connectivity index (χ0n) is 11.3. The summed E-state index contributed by atoms with van der Waals surface area (Å²) in [5.74, 6) is 0. The first-order valence-corrected chi connectivity index (χ1v) is 6.51. The van der Waals surface area contributed by atoms with Crippen molar-refractivity contribution in [3.63, 3.8) is 0 Å². The van der Waals surface area contributed by atoms with Crippen LogP contribution in [-0.4, -0.2) is 26.4 Å². The molecule has 0 bridgehead atoms. The van der Waals surface area contributed by atoms with E-state index in [4.69, 9.17) is 4.74 Å². The van der Waals surface area contributed by atoms with Crippen molar-refractivity contribution in [1.29, 1.82) is 0 Å². The summed E-state index contributed by atoms with van der Waals surface area (Å²) in [6.45, 7) is 0.110. The second-order valence-electron chi connectivity index (χ2n) is 4.82. The predicted octanol–water partition coefficient (Wildman–Crippen LogP) is 2.95. The minimum Gasteiger partial charge on any atom is -0.372 e. The van der Waals surface area contributed by atoms with Crippen LogP contribution in [0.1, 0.15) is 29.2 Å². The quantitative estimate of drug-likeness (QED) is 0.817. The standard InChI is InChI=1S/C14H18F3NO2/c1-18-13(4-5-19-9-14(15,16)17)10-2-3-11-7-20-8-12(11)6-10/h2-3,6,13,18H,4-5,7-9H2,1H3. The molecular weight excluding hydrogens is 271 g/mol. The molecule has 0 fully saturated rings. The maximum absolute atomic E-state index is 12.0. The van der Waals surface area contributed by atoms with Crippen LogP contribution in [0.4, 0.5) is 13.2 Å². The third kappa shape index (κ3) is 4.19. The summed E-state index contributed by atoms with van der Waals surface area (Å²) in [5.41, 5.74) is 3.38. The highest BCUT2D eigenvalue weighted by Crippen LogP contribution is 2.25. The van der Waals surface area contributed by atoms with Gasteiger partial charge >= 0.3 is 6.18 Å². The SMILES string of the molecule is CNC(CCOCC(F)(F)F)c1ccc2c(c1)COC2. The molecule has 1 aromatic rings. The molecule has 0 aliphatic carbocycles. The number of fused-ring (bicyclic) bond motifs is 1. The smallest absolute Gasteiger partial charge is 0.372 e. The van der Waals surface area contributed by atoms with Gasteiger partial charge in [0.2, 0.25) is 0 Å². The van der Waals surface area contributed by atoms with E-state index in [-0.39, 0.29) is 12.6 Å². The molecule has 112 valence electrons. The molecule has 1 aliphatic heterocycles. The van der Waals surface area contributed by atoms with Gasteiger partial charge < -0.3 is 14.8 Å². The van der Waals surface area contributed by atoms with Crippen molar-refractivity contribution in [2.24, 2.45) is 0 Å². The van der Waals surface area contributed by atoms with E-state index in [1.807, 2.05) is 18.2 Å². The van der Waals surface area contributed by atoms with Gasteiger partial charge in [-0.1, -0.05) is 18.2 Å². The van der Waals surface area contributed by atoms with E-state index < -0.39 is 12.8 Å². The summed E-state index contributed by atoms with van der Waals surface area (Å²) < 4.78 is 45.9. The van der Waals surface area contributed by atoms with Crippen LogP contribution in [0, 0.1) is 0 Å². The lowest BCUT2D eigenvalue weighted by Crippen LogP contribution is -2.21. The molecule has 1 aliphatic rings. The molecule has 6 heteroatoms. The van der Waals surface area contributed by atoms with Gasteiger partial charge in [-0.3, -0.25) is 0 Å². The molecule has 20 heavy (non-hydrogen) atoms. The predicted molar refractivity (Wildman–Crippen MR) is 68.2 cm³/mol. The summed E-state index contributed by atoms with van der Waals surface area (Å²) in [7, 11) is 1.79. The number of hydrogen-bond acceptors (Lipinski definition) is 3. The lowest BCUT2D eigenvalue weighted by molar-refractivity contribution is -0.174. The summed E-state index contributed by atoms with van der Waals surface area (Å²) in [5, 5.41) is 3.11.